The highest BCUT2D eigenvalue weighted by Gasteiger charge is 2.22. The van der Waals surface area contributed by atoms with E-state index in [4.69, 9.17) is 0 Å². The predicted octanol–water partition coefficient (Wildman–Crippen LogP) is 3.45. The molecule has 0 saturated carbocycles. The normalized spacial score (nSPS) is 11.8. The lowest BCUT2D eigenvalue weighted by atomic mass is 10.0. The summed E-state index contributed by atoms with van der Waals surface area (Å²) >= 11 is 0. The summed E-state index contributed by atoms with van der Waals surface area (Å²) in [5, 5.41) is 0.926. The molecular formula is C21H17FN2O3S. The molecule has 0 radical (unpaired) electrons. The quantitative estimate of drug-likeness (QED) is 0.574. The summed E-state index contributed by atoms with van der Waals surface area (Å²) in [5.74, 6) is -0.376. The molecule has 0 saturated heterocycles. The van der Waals surface area contributed by atoms with Gasteiger partial charge in [-0.2, -0.15) is 0 Å². The fourth-order valence-corrected chi connectivity index (χ4v) is 4.18. The van der Waals surface area contributed by atoms with Crippen LogP contribution in [0, 0.1) is 5.82 Å². The van der Waals surface area contributed by atoms with Gasteiger partial charge in [0.05, 0.1) is 11.2 Å². The zero-order valence-electron chi connectivity index (χ0n) is 15.0. The summed E-state index contributed by atoms with van der Waals surface area (Å²) in [6, 6.07) is 15.2. The van der Waals surface area contributed by atoms with Crippen LogP contribution in [0.3, 0.4) is 0 Å². The van der Waals surface area contributed by atoms with E-state index in [9.17, 15) is 17.6 Å². The van der Waals surface area contributed by atoms with Gasteiger partial charge in [0.15, 0.2) is 9.84 Å². The summed E-state index contributed by atoms with van der Waals surface area (Å²) in [7, 11) is -3.62. The molecule has 142 valence electrons. The van der Waals surface area contributed by atoms with E-state index in [2.05, 4.69) is 4.98 Å². The summed E-state index contributed by atoms with van der Waals surface area (Å²) in [4.78, 5) is 15.3. The highest BCUT2D eigenvalue weighted by atomic mass is 32.2. The lowest BCUT2D eigenvalue weighted by Crippen LogP contribution is -2.20. The van der Waals surface area contributed by atoms with Crippen molar-refractivity contribution in [3.05, 3.63) is 94.3 Å². The van der Waals surface area contributed by atoms with Crippen molar-refractivity contribution in [2.24, 2.45) is 0 Å². The number of halogens is 1. The van der Waals surface area contributed by atoms with Gasteiger partial charge >= 0.3 is 0 Å². The molecule has 1 N–H and O–H groups in total. The second kappa shape index (κ2) is 6.76. The van der Waals surface area contributed by atoms with Gasteiger partial charge < -0.3 is 9.55 Å². The molecule has 0 bridgehead atoms. The van der Waals surface area contributed by atoms with E-state index in [-0.39, 0.29) is 22.7 Å². The van der Waals surface area contributed by atoms with Gasteiger partial charge in [0.25, 0.3) is 5.56 Å². The molecule has 0 fully saturated rings. The molecule has 7 heteroatoms. The van der Waals surface area contributed by atoms with Crippen LogP contribution in [0.25, 0.3) is 16.6 Å². The van der Waals surface area contributed by atoms with Crippen LogP contribution in [0.4, 0.5) is 4.39 Å². The van der Waals surface area contributed by atoms with Gasteiger partial charge in [-0.05, 0) is 35.2 Å². The molecular weight excluding hydrogens is 379 g/mol. The van der Waals surface area contributed by atoms with Crippen LogP contribution in [0.15, 0.2) is 76.7 Å². The Morgan fingerprint density at radius 1 is 1.04 bits per heavy atom. The Morgan fingerprint density at radius 2 is 1.75 bits per heavy atom. The third-order valence-corrected chi connectivity index (χ3v) is 5.77. The Hall–Kier alpha value is -3.19. The van der Waals surface area contributed by atoms with Crippen LogP contribution >= 0.6 is 0 Å². The number of fused-ring (bicyclic) bond motifs is 1. The molecule has 0 aliphatic heterocycles. The fraction of sp³-hybridized carbons (Fsp3) is 0.0952. The molecule has 0 amide bonds. The molecule has 0 unspecified atom stereocenters. The predicted molar refractivity (Wildman–Crippen MR) is 106 cm³/mol. The standard InChI is InChI=1S/C21H17FN2O3S/c1-28(26,27)19-13-23-21(25)17(12-14-6-8-16(22)9-7-14)20(19)24-11-10-15-4-2-3-5-18(15)24/h2-11,13H,12H2,1H3,(H,23,25). The number of pyridine rings is 1. The monoisotopic (exact) mass is 396 g/mol. The van der Waals surface area contributed by atoms with Gasteiger partial charge in [-0.3, -0.25) is 4.79 Å². The number of aromatic nitrogens is 2. The Balaban J connectivity index is 2.03. The van der Waals surface area contributed by atoms with Crippen LogP contribution in [-0.4, -0.2) is 24.2 Å². The zero-order valence-corrected chi connectivity index (χ0v) is 15.8. The number of nitrogens with one attached hydrogen (secondary N) is 1. The summed E-state index contributed by atoms with van der Waals surface area (Å²) in [5.41, 5.74) is 1.73. The van der Waals surface area contributed by atoms with E-state index < -0.39 is 9.84 Å². The van der Waals surface area contributed by atoms with Gasteiger partial charge in [0.2, 0.25) is 0 Å². The summed E-state index contributed by atoms with van der Waals surface area (Å²) in [6.45, 7) is 0. The number of hydrogen-bond acceptors (Lipinski definition) is 3. The number of nitrogens with zero attached hydrogens (tertiary/aromatic N) is 1. The summed E-state index contributed by atoms with van der Waals surface area (Å²) in [6.07, 6.45) is 4.26. The number of hydrogen-bond donors (Lipinski definition) is 1. The molecule has 0 aliphatic carbocycles. The first kappa shape index (κ1) is 18.2. The Kier molecular flexibility index (Phi) is 4.39. The van der Waals surface area contributed by atoms with Crippen LogP contribution < -0.4 is 5.56 Å². The van der Waals surface area contributed by atoms with Crippen LogP contribution in [-0.2, 0) is 16.3 Å². The molecule has 2 aromatic heterocycles. The highest BCUT2D eigenvalue weighted by Crippen LogP contribution is 2.28. The number of aromatic amines is 1. The van der Waals surface area contributed by atoms with Gasteiger partial charge in [-0.15, -0.1) is 0 Å². The third kappa shape index (κ3) is 3.25. The van der Waals surface area contributed by atoms with Crippen LogP contribution in [0.2, 0.25) is 0 Å². The molecule has 0 spiro atoms. The van der Waals surface area contributed by atoms with Crippen LogP contribution in [0.5, 0.6) is 0 Å². The SMILES string of the molecule is CS(=O)(=O)c1c[nH]c(=O)c(Cc2ccc(F)cc2)c1-n1ccc2ccccc21. The van der Waals surface area contributed by atoms with E-state index in [1.165, 1.54) is 18.3 Å². The Labute approximate surface area is 161 Å². The molecule has 0 aliphatic rings. The van der Waals surface area contributed by atoms with Crippen molar-refractivity contribution in [1.29, 1.82) is 0 Å². The van der Waals surface area contributed by atoms with Crippen molar-refractivity contribution in [2.75, 3.05) is 6.26 Å². The molecule has 28 heavy (non-hydrogen) atoms. The average Bonchev–Trinajstić information content (AvgIpc) is 3.08. The van der Waals surface area contributed by atoms with Crippen molar-refractivity contribution in [3.63, 3.8) is 0 Å². The molecule has 2 heterocycles. The largest absolute Gasteiger partial charge is 0.327 e. The fourth-order valence-electron chi connectivity index (χ4n) is 3.34. The van der Waals surface area contributed by atoms with Crippen molar-refractivity contribution >= 4 is 20.7 Å². The van der Waals surface area contributed by atoms with E-state index in [0.29, 0.717) is 16.8 Å². The molecule has 0 atom stereocenters. The van der Waals surface area contributed by atoms with Gasteiger partial charge in [-0.25, -0.2) is 12.8 Å². The zero-order chi connectivity index (χ0) is 19.9. The average molecular weight is 396 g/mol. The number of para-hydroxylation sites is 1. The topological polar surface area (TPSA) is 71.9 Å². The highest BCUT2D eigenvalue weighted by molar-refractivity contribution is 7.90. The van der Waals surface area contributed by atoms with E-state index in [0.717, 1.165) is 17.2 Å². The number of sulfone groups is 1. The number of benzene rings is 2. The lowest BCUT2D eigenvalue weighted by Gasteiger charge is -2.15. The lowest BCUT2D eigenvalue weighted by molar-refractivity contribution is 0.600. The maximum atomic E-state index is 13.3. The van der Waals surface area contributed by atoms with Crippen LogP contribution in [0.1, 0.15) is 11.1 Å². The van der Waals surface area contributed by atoms with Gasteiger partial charge in [0.1, 0.15) is 10.7 Å². The van der Waals surface area contributed by atoms with E-state index >= 15 is 0 Å². The van der Waals surface area contributed by atoms with Crippen molar-refractivity contribution < 1.29 is 12.8 Å². The minimum atomic E-state index is -3.62. The maximum absolute atomic E-state index is 13.3. The van der Waals surface area contributed by atoms with E-state index in [1.807, 2.05) is 30.3 Å². The first-order valence-corrected chi connectivity index (χ1v) is 10.5. The second-order valence-electron chi connectivity index (χ2n) is 6.63. The minimum absolute atomic E-state index is 0.0329. The Bertz CT molecular complexity index is 1340. The number of H-pyrrole nitrogens is 1. The van der Waals surface area contributed by atoms with Gasteiger partial charge in [-0.1, -0.05) is 30.3 Å². The summed E-state index contributed by atoms with van der Waals surface area (Å²) < 4.78 is 39.9. The maximum Gasteiger partial charge on any atom is 0.253 e. The first-order valence-electron chi connectivity index (χ1n) is 8.60. The molecule has 5 nitrogen and oxygen atoms in total. The third-order valence-electron chi connectivity index (χ3n) is 4.66. The molecule has 2 aromatic carbocycles. The Morgan fingerprint density at radius 3 is 2.46 bits per heavy atom. The molecule has 4 rings (SSSR count). The van der Waals surface area contributed by atoms with E-state index in [1.54, 1.807) is 22.9 Å². The van der Waals surface area contributed by atoms with Gasteiger partial charge in [0, 0.05) is 30.6 Å². The van der Waals surface area contributed by atoms with Crippen molar-refractivity contribution in [2.45, 2.75) is 11.3 Å². The second-order valence-corrected chi connectivity index (χ2v) is 8.61. The minimum Gasteiger partial charge on any atom is -0.327 e. The molecule has 4 aromatic rings. The van der Waals surface area contributed by atoms with Crippen molar-refractivity contribution in [3.8, 4) is 5.69 Å². The smallest absolute Gasteiger partial charge is 0.253 e. The first-order chi connectivity index (χ1) is 13.3. The van der Waals surface area contributed by atoms with Crippen molar-refractivity contribution in [1.82, 2.24) is 9.55 Å². The number of rotatable bonds is 4.